The number of carbonyl (C=O) groups excluding carboxylic acids is 1. The van der Waals surface area contributed by atoms with Crippen molar-refractivity contribution in [2.24, 2.45) is 0 Å². The number of ketones is 1. The van der Waals surface area contributed by atoms with Gasteiger partial charge in [-0.05, 0) is 24.3 Å². The Morgan fingerprint density at radius 3 is 2.42 bits per heavy atom. The summed E-state index contributed by atoms with van der Waals surface area (Å²) in [6, 6.07) is 9.17. The second-order valence-corrected chi connectivity index (χ2v) is 3.63. The van der Waals surface area contributed by atoms with Crippen molar-refractivity contribution >= 4 is 11.9 Å². The van der Waals surface area contributed by atoms with E-state index < -0.39 is 16.4 Å². The van der Waals surface area contributed by atoms with Crippen LogP contribution in [0.2, 0.25) is 0 Å². The number of carbonyl (C=O) groups is 1. The number of hydrogen-bond acceptors (Lipinski definition) is 3. The molecule has 4 nitrogen and oxygen atoms in total. The van der Waals surface area contributed by atoms with E-state index in [9.17, 15) is 14.9 Å². The van der Waals surface area contributed by atoms with Gasteiger partial charge in [-0.15, -0.1) is 0 Å². The zero-order valence-corrected chi connectivity index (χ0v) is 10.3. The predicted octanol–water partition coefficient (Wildman–Crippen LogP) is 3.17. The van der Waals surface area contributed by atoms with Gasteiger partial charge in [0.2, 0.25) is 0 Å². The van der Waals surface area contributed by atoms with Gasteiger partial charge in [0.15, 0.2) is 5.78 Å². The van der Waals surface area contributed by atoms with E-state index in [0.29, 0.717) is 0 Å². The molecule has 0 aliphatic heterocycles. The molecule has 0 atom stereocenters. The standard InChI is InChI=1S/C15H13NO3/c1-3-7-14(12(2)16(18)19)15(17)11-10-13-8-5-4-6-9-13/h3-11H,1-2H2/b11-10+,14-7+. The van der Waals surface area contributed by atoms with Crippen molar-refractivity contribution in [2.75, 3.05) is 0 Å². The fourth-order valence-corrected chi connectivity index (χ4v) is 1.36. The summed E-state index contributed by atoms with van der Waals surface area (Å²) in [6.45, 7) is 6.71. The second kappa shape index (κ2) is 6.86. The van der Waals surface area contributed by atoms with E-state index in [1.54, 1.807) is 6.08 Å². The summed E-state index contributed by atoms with van der Waals surface area (Å²) >= 11 is 0. The van der Waals surface area contributed by atoms with Crippen LogP contribution in [0.3, 0.4) is 0 Å². The molecule has 1 aromatic carbocycles. The van der Waals surface area contributed by atoms with E-state index >= 15 is 0 Å². The molecule has 19 heavy (non-hydrogen) atoms. The summed E-state index contributed by atoms with van der Waals surface area (Å²) in [5, 5.41) is 10.6. The van der Waals surface area contributed by atoms with Crippen molar-refractivity contribution in [3.63, 3.8) is 0 Å². The summed E-state index contributed by atoms with van der Waals surface area (Å²) in [5.41, 5.74) is 0.315. The molecule has 0 aromatic heterocycles. The Hall–Kier alpha value is -2.75. The van der Waals surface area contributed by atoms with Gasteiger partial charge in [-0.3, -0.25) is 14.9 Å². The highest BCUT2D eigenvalue weighted by atomic mass is 16.6. The maximum absolute atomic E-state index is 11.9. The highest BCUT2D eigenvalue weighted by Crippen LogP contribution is 2.12. The van der Waals surface area contributed by atoms with Crippen LogP contribution in [0.5, 0.6) is 0 Å². The molecule has 0 bridgehead atoms. The van der Waals surface area contributed by atoms with Crippen LogP contribution in [-0.2, 0) is 4.79 Å². The highest BCUT2D eigenvalue weighted by Gasteiger charge is 2.18. The SMILES string of the molecule is C=C/C=C(\C(=C)[N+](=O)[O-])C(=O)/C=C/c1ccccc1. The van der Waals surface area contributed by atoms with Crippen LogP contribution in [0.4, 0.5) is 0 Å². The molecule has 0 unspecified atom stereocenters. The summed E-state index contributed by atoms with van der Waals surface area (Å²) < 4.78 is 0. The summed E-state index contributed by atoms with van der Waals surface area (Å²) in [5.74, 6) is -0.481. The fraction of sp³-hybridized carbons (Fsp3) is 0. The smallest absolute Gasteiger partial charge is 0.273 e. The number of nitro groups is 1. The van der Waals surface area contributed by atoms with Crippen molar-refractivity contribution < 1.29 is 9.72 Å². The number of nitrogens with zero attached hydrogens (tertiary/aromatic N) is 1. The summed E-state index contributed by atoms with van der Waals surface area (Å²) in [7, 11) is 0. The lowest BCUT2D eigenvalue weighted by atomic mass is 10.1. The third-order valence-electron chi connectivity index (χ3n) is 2.31. The lowest BCUT2D eigenvalue weighted by Gasteiger charge is -1.98. The molecule has 0 amide bonds. The highest BCUT2D eigenvalue weighted by molar-refractivity contribution is 6.08. The molecule has 0 spiro atoms. The lowest BCUT2D eigenvalue weighted by molar-refractivity contribution is -0.419. The van der Waals surface area contributed by atoms with Crippen LogP contribution in [0.1, 0.15) is 5.56 Å². The molecule has 0 heterocycles. The average Bonchev–Trinajstić information content (AvgIpc) is 2.42. The molecule has 1 aromatic rings. The molecule has 96 valence electrons. The van der Waals surface area contributed by atoms with Crippen molar-refractivity contribution in [3.05, 3.63) is 88.7 Å². The van der Waals surface area contributed by atoms with E-state index in [4.69, 9.17) is 0 Å². The zero-order valence-electron chi connectivity index (χ0n) is 10.3. The van der Waals surface area contributed by atoms with Gasteiger partial charge in [-0.2, -0.15) is 0 Å². The van der Waals surface area contributed by atoms with Gasteiger partial charge in [0.05, 0.1) is 10.5 Å². The molecule has 1 rings (SSSR count). The van der Waals surface area contributed by atoms with Gasteiger partial charge < -0.3 is 0 Å². The van der Waals surface area contributed by atoms with Gasteiger partial charge in [-0.1, -0.05) is 49.1 Å². The average molecular weight is 255 g/mol. The molecule has 0 radical (unpaired) electrons. The van der Waals surface area contributed by atoms with Crippen LogP contribution in [-0.4, -0.2) is 10.7 Å². The van der Waals surface area contributed by atoms with E-state index in [1.165, 1.54) is 18.2 Å². The Morgan fingerprint density at radius 2 is 1.89 bits per heavy atom. The number of hydrogen-bond donors (Lipinski definition) is 0. The minimum Gasteiger partial charge on any atom is -0.289 e. The second-order valence-electron chi connectivity index (χ2n) is 3.63. The summed E-state index contributed by atoms with van der Waals surface area (Å²) in [4.78, 5) is 21.8. The molecular formula is C15H13NO3. The third kappa shape index (κ3) is 4.20. The number of allylic oxidation sites excluding steroid dienone is 4. The van der Waals surface area contributed by atoms with Crippen LogP contribution < -0.4 is 0 Å². The fourth-order valence-electron chi connectivity index (χ4n) is 1.36. The van der Waals surface area contributed by atoms with E-state index in [0.717, 1.165) is 5.56 Å². The molecule has 0 saturated heterocycles. The Morgan fingerprint density at radius 1 is 1.26 bits per heavy atom. The van der Waals surface area contributed by atoms with Crippen molar-refractivity contribution in [3.8, 4) is 0 Å². The monoisotopic (exact) mass is 255 g/mol. The lowest BCUT2D eigenvalue weighted by Crippen LogP contribution is -2.08. The quantitative estimate of drug-likeness (QED) is 0.339. The van der Waals surface area contributed by atoms with E-state index in [2.05, 4.69) is 13.2 Å². The first kappa shape index (κ1) is 14.3. The first-order valence-electron chi connectivity index (χ1n) is 5.50. The predicted molar refractivity (Wildman–Crippen MR) is 74.9 cm³/mol. The number of benzene rings is 1. The van der Waals surface area contributed by atoms with E-state index in [1.807, 2.05) is 30.3 Å². The van der Waals surface area contributed by atoms with Gasteiger partial charge in [-0.25, -0.2) is 0 Å². The zero-order chi connectivity index (χ0) is 14.3. The molecule has 4 heteroatoms. The molecule has 0 aliphatic rings. The Labute approximate surface area is 111 Å². The van der Waals surface area contributed by atoms with Gasteiger partial charge in [0.1, 0.15) is 0 Å². The van der Waals surface area contributed by atoms with Gasteiger partial charge >= 0.3 is 0 Å². The normalized spacial score (nSPS) is 11.3. The topological polar surface area (TPSA) is 60.2 Å². The molecule has 0 saturated carbocycles. The van der Waals surface area contributed by atoms with Crippen LogP contribution in [0, 0.1) is 10.1 Å². The maximum atomic E-state index is 11.9. The van der Waals surface area contributed by atoms with Crippen LogP contribution in [0.25, 0.3) is 6.08 Å². The molecule has 0 fully saturated rings. The Kier molecular flexibility index (Phi) is 5.17. The van der Waals surface area contributed by atoms with E-state index in [-0.39, 0.29) is 5.57 Å². The maximum Gasteiger partial charge on any atom is 0.273 e. The van der Waals surface area contributed by atoms with Crippen molar-refractivity contribution in [1.29, 1.82) is 0 Å². The minimum absolute atomic E-state index is 0.0767. The first-order valence-corrected chi connectivity index (χ1v) is 5.50. The molecular weight excluding hydrogens is 242 g/mol. The van der Waals surface area contributed by atoms with Crippen molar-refractivity contribution in [2.45, 2.75) is 0 Å². The molecule has 0 aliphatic carbocycles. The van der Waals surface area contributed by atoms with Gasteiger partial charge in [0.25, 0.3) is 5.70 Å². The Bertz CT molecular complexity index is 568. The minimum atomic E-state index is -0.691. The number of rotatable bonds is 6. The third-order valence-corrected chi connectivity index (χ3v) is 2.31. The molecule has 0 N–H and O–H groups in total. The van der Waals surface area contributed by atoms with Crippen LogP contribution >= 0.6 is 0 Å². The van der Waals surface area contributed by atoms with Gasteiger partial charge in [0, 0.05) is 0 Å². The summed E-state index contributed by atoms with van der Waals surface area (Å²) in [6.07, 6.45) is 5.47. The van der Waals surface area contributed by atoms with Crippen molar-refractivity contribution in [1.82, 2.24) is 0 Å². The van der Waals surface area contributed by atoms with Crippen LogP contribution in [0.15, 0.2) is 73.0 Å². The Balaban J connectivity index is 2.94. The first-order chi connectivity index (χ1) is 9.06. The largest absolute Gasteiger partial charge is 0.289 e.